The van der Waals surface area contributed by atoms with Crippen molar-refractivity contribution in [2.75, 3.05) is 6.61 Å². The van der Waals surface area contributed by atoms with E-state index in [2.05, 4.69) is 17.3 Å². The fraction of sp³-hybridized carbons (Fsp3) is 0.500. The Morgan fingerprint density at radius 2 is 2.12 bits per heavy atom. The molecule has 0 unspecified atom stereocenters. The molecule has 0 aromatic heterocycles. The Morgan fingerprint density at radius 1 is 1.42 bits per heavy atom. The number of amides is 3. The molecule has 3 rings (SSSR count). The molecule has 1 spiro atoms. The summed E-state index contributed by atoms with van der Waals surface area (Å²) in [7, 11) is 0. The van der Waals surface area contributed by atoms with E-state index in [1.807, 2.05) is 0 Å². The molecule has 1 aromatic rings. The molecule has 2 N–H and O–H groups in total. The van der Waals surface area contributed by atoms with Gasteiger partial charge in [-0.05, 0) is 56.2 Å². The van der Waals surface area contributed by atoms with Crippen LogP contribution in [0, 0.1) is 5.92 Å². The smallest absolute Gasteiger partial charge is 0.346 e. The van der Waals surface area contributed by atoms with Crippen molar-refractivity contribution in [2.45, 2.75) is 45.1 Å². The molecular weight excluding hydrogens is 358 g/mol. The number of carbonyl (C=O) groups excluding carboxylic acids is 2. The number of phenols is 1. The molecule has 0 atom stereocenters. The summed E-state index contributed by atoms with van der Waals surface area (Å²) < 4.78 is 5.32. The number of hydrazone groups is 1. The molecule has 1 saturated heterocycles. The average Bonchev–Trinajstić information content (AvgIpc) is 2.83. The molecule has 0 radical (unpaired) electrons. The molecule has 7 nitrogen and oxygen atoms in total. The quantitative estimate of drug-likeness (QED) is 0.620. The lowest BCUT2D eigenvalue weighted by molar-refractivity contribution is -0.132. The number of halogens is 1. The first kappa shape index (κ1) is 18.5. The summed E-state index contributed by atoms with van der Waals surface area (Å²) in [5.41, 5.74) is -0.320. The Kier molecular flexibility index (Phi) is 5.09. The van der Waals surface area contributed by atoms with Crippen LogP contribution in [0.25, 0.3) is 0 Å². The number of phenolic OH excluding ortho intramolecular Hbond substituents is 1. The lowest BCUT2D eigenvalue weighted by Gasteiger charge is -2.33. The molecule has 1 heterocycles. The van der Waals surface area contributed by atoms with Gasteiger partial charge in [0.1, 0.15) is 5.54 Å². The van der Waals surface area contributed by atoms with Crippen LogP contribution in [-0.4, -0.2) is 40.4 Å². The largest absolute Gasteiger partial charge is 0.503 e. The fourth-order valence-corrected chi connectivity index (χ4v) is 3.58. The van der Waals surface area contributed by atoms with Crippen molar-refractivity contribution in [2.24, 2.45) is 11.0 Å². The summed E-state index contributed by atoms with van der Waals surface area (Å²) in [5.74, 6) is 0.298. The third-order valence-corrected chi connectivity index (χ3v) is 5.23. The van der Waals surface area contributed by atoms with Gasteiger partial charge in [-0.15, -0.1) is 5.01 Å². The zero-order chi connectivity index (χ0) is 18.9. The van der Waals surface area contributed by atoms with E-state index in [0.29, 0.717) is 30.9 Å². The van der Waals surface area contributed by atoms with Crippen molar-refractivity contribution >= 4 is 29.8 Å². The molecular formula is C18H22ClN3O4. The van der Waals surface area contributed by atoms with Gasteiger partial charge in [0.25, 0.3) is 5.91 Å². The molecule has 1 aliphatic carbocycles. The van der Waals surface area contributed by atoms with E-state index < -0.39 is 11.6 Å². The van der Waals surface area contributed by atoms with Crippen LogP contribution in [-0.2, 0) is 4.79 Å². The molecule has 1 saturated carbocycles. The van der Waals surface area contributed by atoms with Gasteiger partial charge in [0.2, 0.25) is 0 Å². The maximum atomic E-state index is 12.7. The number of hydrogen-bond acceptors (Lipinski definition) is 5. The predicted molar refractivity (Wildman–Crippen MR) is 97.6 cm³/mol. The monoisotopic (exact) mass is 379 g/mol. The molecule has 140 valence electrons. The lowest BCUT2D eigenvalue weighted by Crippen LogP contribution is -2.49. The summed E-state index contributed by atoms with van der Waals surface area (Å²) in [6.45, 7) is 4.29. The zero-order valence-electron chi connectivity index (χ0n) is 14.8. The standard InChI is InChI=1S/C18H22ClN3O4/c1-3-26-14-9-12(8-13(19)15(14)23)10-20-22-16(24)18(21-17(22)25)6-4-11(2)5-7-18/h8-11,23H,3-7H2,1-2H3,(H,21,25)/b20-10+. The second-order valence-corrected chi connectivity index (χ2v) is 7.25. The molecule has 1 aromatic carbocycles. The van der Waals surface area contributed by atoms with Crippen molar-refractivity contribution in [3.8, 4) is 11.5 Å². The Balaban J connectivity index is 1.80. The molecule has 0 bridgehead atoms. The second-order valence-electron chi connectivity index (χ2n) is 6.84. The molecule has 1 aliphatic heterocycles. The van der Waals surface area contributed by atoms with Gasteiger partial charge < -0.3 is 15.2 Å². The van der Waals surface area contributed by atoms with Gasteiger partial charge in [0.15, 0.2) is 11.5 Å². The second kappa shape index (κ2) is 7.15. The number of nitrogens with one attached hydrogen (secondary N) is 1. The summed E-state index contributed by atoms with van der Waals surface area (Å²) >= 11 is 5.99. The van der Waals surface area contributed by atoms with Crippen molar-refractivity contribution in [1.29, 1.82) is 0 Å². The summed E-state index contributed by atoms with van der Waals surface area (Å²) in [6.07, 6.45) is 4.41. The van der Waals surface area contributed by atoms with Gasteiger partial charge in [0, 0.05) is 0 Å². The number of rotatable bonds is 4. The summed E-state index contributed by atoms with van der Waals surface area (Å²) in [5, 5.41) is 17.7. The molecule has 26 heavy (non-hydrogen) atoms. The van der Waals surface area contributed by atoms with Gasteiger partial charge >= 0.3 is 6.03 Å². The number of aromatic hydroxyl groups is 1. The summed E-state index contributed by atoms with van der Waals surface area (Å²) in [6, 6.07) is 2.51. The van der Waals surface area contributed by atoms with Crippen LogP contribution in [0.4, 0.5) is 4.79 Å². The number of nitrogens with zero attached hydrogens (tertiary/aromatic N) is 2. The SMILES string of the molecule is CCOc1cc(/C=N/N2C(=O)NC3(CCC(C)CC3)C2=O)cc(Cl)c1O. The van der Waals surface area contributed by atoms with Crippen molar-refractivity contribution in [1.82, 2.24) is 10.3 Å². The molecule has 3 amide bonds. The Hall–Kier alpha value is -2.28. The predicted octanol–water partition coefficient (Wildman–Crippen LogP) is 3.28. The minimum absolute atomic E-state index is 0.104. The number of hydrogen-bond donors (Lipinski definition) is 2. The van der Waals surface area contributed by atoms with Crippen LogP contribution >= 0.6 is 11.6 Å². The van der Waals surface area contributed by atoms with E-state index in [-0.39, 0.29) is 22.4 Å². The van der Waals surface area contributed by atoms with Crippen LogP contribution in [0.2, 0.25) is 5.02 Å². The number of benzene rings is 1. The number of carbonyl (C=O) groups is 2. The Bertz CT molecular complexity index is 757. The van der Waals surface area contributed by atoms with Gasteiger partial charge in [0.05, 0.1) is 17.8 Å². The highest BCUT2D eigenvalue weighted by Crippen LogP contribution is 2.37. The number of imide groups is 1. The van der Waals surface area contributed by atoms with Crippen molar-refractivity contribution in [3.05, 3.63) is 22.7 Å². The normalized spacial score (nSPS) is 26.0. The van der Waals surface area contributed by atoms with E-state index in [9.17, 15) is 14.7 Å². The third kappa shape index (κ3) is 3.35. The van der Waals surface area contributed by atoms with Gasteiger partial charge in [-0.25, -0.2) is 4.79 Å². The van der Waals surface area contributed by atoms with Crippen molar-refractivity contribution in [3.63, 3.8) is 0 Å². The van der Waals surface area contributed by atoms with Crippen LogP contribution in [0.15, 0.2) is 17.2 Å². The average molecular weight is 380 g/mol. The van der Waals surface area contributed by atoms with E-state index in [4.69, 9.17) is 16.3 Å². The molecule has 2 fully saturated rings. The summed E-state index contributed by atoms with van der Waals surface area (Å²) in [4.78, 5) is 25.0. The van der Waals surface area contributed by atoms with Crippen molar-refractivity contribution < 1.29 is 19.4 Å². The van der Waals surface area contributed by atoms with E-state index >= 15 is 0 Å². The Labute approximate surface area is 157 Å². The number of urea groups is 1. The first-order valence-electron chi connectivity index (χ1n) is 8.72. The van der Waals surface area contributed by atoms with Gasteiger partial charge in [-0.3, -0.25) is 4.79 Å². The lowest BCUT2D eigenvalue weighted by atomic mass is 9.77. The zero-order valence-corrected chi connectivity index (χ0v) is 15.5. The van der Waals surface area contributed by atoms with E-state index in [0.717, 1.165) is 17.9 Å². The minimum Gasteiger partial charge on any atom is -0.503 e. The Morgan fingerprint density at radius 3 is 2.77 bits per heavy atom. The first-order chi connectivity index (χ1) is 12.4. The first-order valence-corrected chi connectivity index (χ1v) is 9.10. The fourth-order valence-electron chi connectivity index (χ4n) is 3.36. The topological polar surface area (TPSA) is 91.2 Å². The molecule has 2 aliphatic rings. The maximum Gasteiger partial charge on any atom is 0.346 e. The van der Waals surface area contributed by atoms with Crippen LogP contribution < -0.4 is 10.1 Å². The highest BCUT2D eigenvalue weighted by Gasteiger charge is 2.52. The highest BCUT2D eigenvalue weighted by molar-refractivity contribution is 6.32. The maximum absolute atomic E-state index is 12.7. The van der Waals surface area contributed by atoms with Crippen LogP contribution in [0.1, 0.15) is 45.1 Å². The van der Waals surface area contributed by atoms with Gasteiger partial charge in [-0.1, -0.05) is 18.5 Å². The molecule has 8 heteroatoms. The number of ether oxygens (including phenoxy) is 1. The van der Waals surface area contributed by atoms with Crippen LogP contribution in [0.3, 0.4) is 0 Å². The highest BCUT2D eigenvalue weighted by atomic mass is 35.5. The van der Waals surface area contributed by atoms with E-state index in [1.165, 1.54) is 12.3 Å². The minimum atomic E-state index is -0.829. The van der Waals surface area contributed by atoms with Crippen LogP contribution in [0.5, 0.6) is 11.5 Å². The van der Waals surface area contributed by atoms with Gasteiger partial charge in [-0.2, -0.15) is 5.10 Å². The third-order valence-electron chi connectivity index (χ3n) is 4.94. The van der Waals surface area contributed by atoms with E-state index in [1.54, 1.807) is 13.0 Å².